The molecule has 0 spiro atoms. The van der Waals surface area contributed by atoms with E-state index in [9.17, 15) is 9.59 Å². The summed E-state index contributed by atoms with van der Waals surface area (Å²) in [6.07, 6.45) is 3.12. The van der Waals surface area contributed by atoms with Crippen LogP contribution >= 0.6 is 0 Å². The van der Waals surface area contributed by atoms with E-state index in [1.807, 2.05) is 16.7 Å². The zero-order valence-corrected chi connectivity index (χ0v) is 12.2. The lowest BCUT2D eigenvalue weighted by atomic mass is 9.92. The van der Waals surface area contributed by atoms with Crippen molar-refractivity contribution in [2.45, 2.75) is 44.8 Å². The largest absolute Gasteiger partial charge is 0.481 e. The van der Waals surface area contributed by atoms with Gasteiger partial charge in [0.2, 0.25) is 0 Å². The van der Waals surface area contributed by atoms with Crippen LogP contribution in [0.1, 0.15) is 32.6 Å². The Morgan fingerprint density at radius 3 is 2.30 bits per heavy atom. The summed E-state index contributed by atoms with van der Waals surface area (Å²) in [5.74, 6) is -1.06. The van der Waals surface area contributed by atoms with Crippen LogP contribution in [0.2, 0.25) is 0 Å². The van der Waals surface area contributed by atoms with Gasteiger partial charge in [-0.25, -0.2) is 4.79 Å². The third-order valence-corrected chi connectivity index (χ3v) is 4.52. The SMILES string of the molecule is COC1CCN(C(=O)N2CCC(C(=O)O)CC2C)CC1. The van der Waals surface area contributed by atoms with Crippen molar-refractivity contribution >= 4 is 12.0 Å². The summed E-state index contributed by atoms with van der Waals surface area (Å²) in [7, 11) is 1.71. The molecule has 0 aliphatic carbocycles. The highest BCUT2D eigenvalue weighted by Crippen LogP contribution is 2.25. The first-order chi connectivity index (χ1) is 9.52. The van der Waals surface area contributed by atoms with Crippen LogP contribution in [0.15, 0.2) is 0 Å². The van der Waals surface area contributed by atoms with E-state index in [-0.39, 0.29) is 24.1 Å². The average Bonchev–Trinajstić information content (AvgIpc) is 2.46. The van der Waals surface area contributed by atoms with E-state index in [0.29, 0.717) is 19.4 Å². The fraction of sp³-hybridized carbons (Fsp3) is 0.857. The number of carbonyl (C=O) groups is 2. The van der Waals surface area contributed by atoms with Gasteiger partial charge in [-0.3, -0.25) is 4.79 Å². The van der Waals surface area contributed by atoms with Crippen molar-refractivity contribution in [1.29, 1.82) is 0 Å². The Kier molecular flexibility index (Phi) is 4.86. The molecule has 2 rings (SSSR count). The summed E-state index contributed by atoms with van der Waals surface area (Å²) in [6, 6.07) is 0.0494. The molecule has 2 saturated heterocycles. The summed E-state index contributed by atoms with van der Waals surface area (Å²) < 4.78 is 5.31. The molecule has 114 valence electrons. The van der Waals surface area contributed by atoms with Crippen LogP contribution in [-0.4, -0.2) is 65.8 Å². The molecule has 2 amide bonds. The number of methoxy groups -OCH3 is 1. The van der Waals surface area contributed by atoms with Crippen LogP contribution < -0.4 is 0 Å². The molecule has 6 heteroatoms. The number of carboxylic acids is 1. The summed E-state index contributed by atoms with van der Waals surface area (Å²) in [6.45, 7) is 3.93. The van der Waals surface area contributed by atoms with Crippen molar-refractivity contribution in [3.8, 4) is 0 Å². The first-order valence-electron chi connectivity index (χ1n) is 7.34. The number of rotatable bonds is 2. The Morgan fingerprint density at radius 1 is 1.15 bits per heavy atom. The smallest absolute Gasteiger partial charge is 0.320 e. The molecule has 0 aromatic carbocycles. The highest BCUT2D eigenvalue weighted by Gasteiger charge is 2.35. The molecule has 0 aromatic rings. The van der Waals surface area contributed by atoms with E-state index in [1.54, 1.807) is 7.11 Å². The van der Waals surface area contributed by atoms with Gasteiger partial charge in [0.25, 0.3) is 0 Å². The second-order valence-corrected chi connectivity index (χ2v) is 5.81. The van der Waals surface area contributed by atoms with Gasteiger partial charge in [0.05, 0.1) is 12.0 Å². The van der Waals surface area contributed by atoms with Gasteiger partial charge in [-0.05, 0) is 32.6 Å². The predicted octanol–water partition coefficient (Wildman–Crippen LogP) is 1.40. The van der Waals surface area contributed by atoms with Gasteiger partial charge in [0.15, 0.2) is 0 Å². The number of likely N-dealkylation sites (tertiary alicyclic amines) is 2. The van der Waals surface area contributed by atoms with Crippen LogP contribution in [0.25, 0.3) is 0 Å². The minimum atomic E-state index is -0.746. The van der Waals surface area contributed by atoms with E-state index in [0.717, 1.165) is 25.9 Å². The van der Waals surface area contributed by atoms with Crippen molar-refractivity contribution in [3.05, 3.63) is 0 Å². The second-order valence-electron chi connectivity index (χ2n) is 5.81. The van der Waals surface area contributed by atoms with Gasteiger partial charge in [0.1, 0.15) is 0 Å². The number of amides is 2. The fourth-order valence-electron chi connectivity index (χ4n) is 3.15. The summed E-state index contributed by atoms with van der Waals surface area (Å²) in [4.78, 5) is 27.2. The van der Waals surface area contributed by atoms with Crippen molar-refractivity contribution in [2.75, 3.05) is 26.7 Å². The Labute approximate surface area is 119 Å². The number of hydrogen-bond acceptors (Lipinski definition) is 3. The lowest BCUT2D eigenvalue weighted by molar-refractivity contribution is -0.143. The number of piperidine rings is 2. The van der Waals surface area contributed by atoms with E-state index < -0.39 is 5.97 Å². The van der Waals surface area contributed by atoms with E-state index >= 15 is 0 Å². The van der Waals surface area contributed by atoms with E-state index in [1.165, 1.54) is 0 Å². The summed E-state index contributed by atoms with van der Waals surface area (Å²) >= 11 is 0. The zero-order valence-electron chi connectivity index (χ0n) is 12.2. The van der Waals surface area contributed by atoms with Crippen molar-refractivity contribution in [2.24, 2.45) is 5.92 Å². The molecule has 2 heterocycles. The molecule has 20 heavy (non-hydrogen) atoms. The van der Waals surface area contributed by atoms with Gasteiger partial charge >= 0.3 is 12.0 Å². The van der Waals surface area contributed by atoms with Crippen LogP contribution in [0.4, 0.5) is 4.79 Å². The minimum absolute atomic E-state index is 0.00232. The summed E-state index contributed by atoms with van der Waals surface area (Å²) in [5, 5.41) is 9.06. The van der Waals surface area contributed by atoms with Crippen molar-refractivity contribution in [1.82, 2.24) is 9.80 Å². The highest BCUT2D eigenvalue weighted by molar-refractivity contribution is 5.76. The molecule has 6 nitrogen and oxygen atoms in total. The quantitative estimate of drug-likeness (QED) is 0.832. The molecule has 0 aromatic heterocycles. The Bertz CT molecular complexity index is 366. The lowest BCUT2D eigenvalue weighted by Gasteiger charge is -2.41. The molecule has 2 unspecified atom stereocenters. The molecule has 0 bridgehead atoms. The molecular weight excluding hydrogens is 260 g/mol. The van der Waals surface area contributed by atoms with Crippen LogP contribution in [0.3, 0.4) is 0 Å². The number of ether oxygens (including phenoxy) is 1. The number of urea groups is 1. The molecule has 2 aliphatic rings. The standard InChI is InChI=1S/C14H24N2O4/c1-10-9-11(13(17)18)3-8-16(10)14(19)15-6-4-12(20-2)5-7-15/h10-12H,3-9H2,1-2H3,(H,17,18). The van der Waals surface area contributed by atoms with E-state index in [4.69, 9.17) is 9.84 Å². The monoisotopic (exact) mass is 284 g/mol. The molecule has 2 atom stereocenters. The molecule has 0 radical (unpaired) electrons. The second kappa shape index (κ2) is 6.43. The molecular formula is C14H24N2O4. The maximum atomic E-state index is 12.5. The Morgan fingerprint density at radius 2 is 1.80 bits per heavy atom. The minimum Gasteiger partial charge on any atom is -0.481 e. The van der Waals surface area contributed by atoms with Gasteiger partial charge in [0, 0.05) is 32.8 Å². The molecule has 2 aliphatic heterocycles. The topological polar surface area (TPSA) is 70.1 Å². The van der Waals surface area contributed by atoms with E-state index in [2.05, 4.69) is 0 Å². The van der Waals surface area contributed by atoms with Crippen LogP contribution in [0.5, 0.6) is 0 Å². The number of carboxylic acid groups (broad SMARTS) is 1. The highest BCUT2D eigenvalue weighted by atomic mass is 16.5. The molecule has 1 N–H and O–H groups in total. The van der Waals surface area contributed by atoms with Gasteiger partial charge in [-0.15, -0.1) is 0 Å². The molecule has 0 saturated carbocycles. The number of aliphatic carboxylic acids is 1. The third-order valence-electron chi connectivity index (χ3n) is 4.52. The lowest BCUT2D eigenvalue weighted by Crippen LogP contribution is -2.53. The Balaban J connectivity index is 1.89. The maximum Gasteiger partial charge on any atom is 0.320 e. The van der Waals surface area contributed by atoms with Gasteiger partial charge in [-0.2, -0.15) is 0 Å². The predicted molar refractivity (Wildman–Crippen MR) is 73.5 cm³/mol. The number of nitrogens with zero attached hydrogens (tertiary/aromatic N) is 2. The van der Waals surface area contributed by atoms with Crippen molar-refractivity contribution < 1.29 is 19.4 Å². The van der Waals surface area contributed by atoms with Gasteiger partial charge in [-0.1, -0.05) is 0 Å². The first-order valence-corrected chi connectivity index (χ1v) is 7.34. The fourth-order valence-corrected chi connectivity index (χ4v) is 3.15. The van der Waals surface area contributed by atoms with Crippen LogP contribution in [0, 0.1) is 5.92 Å². The number of hydrogen-bond donors (Lipinski definition) is 1. The van der Waals surface area contributed by atoms with Gasteiger partial charge < -0.3 is 19.6 Å². The average molecular weight is 284 g/mol. The van der Waals surface area contributed by atoms with Crippen LogP contribution in [-0.2, 0) is 9.53 Å². The van der Waals surface area contributed by atoms with Crippen molar-refractivity contribution in [3.63, 3.8) is 0 Å². The normalized spacial score (nSPS) is 28.5. The first kappa shape index (κ1) is 15.1. The number of carbonyl (C=O) groups excluding carboxylic acids is 1. The molecule has 2 fully saturated rings. The zero-order chi connectivity index (χ0) is 14.7. The third kappa shape index (κ3) is 3.23. The Hall–Kier alpha value is -1.30. The maximum absolute atomic E-state index is 12.5. The summed E-state index contributed by atoms with van der Waals surface area (Å²) in [5.41, 5.74) is 0.